The maximum absolute atomic E-state index is 14.6. The second kappa shape index (κ2) is 15.4. The van der Waals surface area contributed by atoms with Crippen molar-refractivity contribution in [3.05, 3.63) is 29.8 Å². The maximum atomic E-state index is 14.6. The van der Waals surface area contributed by atoms with Crippen LogP contribution in [0.2, 0.25) is 0 Å². The SMILES string of the molecule is CCN(C)C(=O)OCc1ccc(S(=O)(=O)CC(C[C@H]2O[C@@H]3O[C@]4(C)CC[C@H]5[C@H](C)CC[C@@H]([C@H]2C)[C@@]35OO4)C[C@H]2O[C@@H]3O[C@]4(C)CC[C@H]5[C@H](C)CC[C@@H]([C@H]2C)[C@@]35OO4)cc1. The van der Waals surface area contributed by atoms with Crippen molar-refractivity contribution >= 4 is 15.9 Å². The van der Waals surface area contributed by atoms with Crippen molar-refractivity contribution in [1.29, 1.82) is 0 Å². The first-order valence-corrected chi connectivity index (χ1v) is 24.3. The number of amides is 1. The molecule has 0 aromatic heterocycles. The van der Waals surface area contributed by atoms with Gasteiger partial charge in [-0.05, 0) is 131 Å². The van der Waals surface area contributed by atoms with E-state index >= 15 is 0 Å². The Morgan fingerprint density at radius 2 is 1.24 bits per heavy atom. The van der Waals surface area contributed by atoms with E-state index in [2.05, 4.69) is 27.7 Å². The standard InChI is InChI=1S/C45H67NO12S/c1-9-46(8)41(47)50-24-30-12-14-32(15-13-30)59(48,49)25-31(22-37-28(4)35-16-10-26(2)33-18-20-42(6)53-39(51-37)44(33,35)57-55-42)23-38-29(5)36-17-11-27(3)34-19-21-43(7)54-40(52-38)45(34,36)58-56-43/h12-15,26-29,31,33-40H,9-11,16-25H2,1-8H3/t26-,27-,28-,29-,33+,34+,35+,36+,37-,38-,39-,40-,42+,43+,44-,45-/m1/s1. The maximum Gasteiger partial charge on any atom is 0.409 e. The van der Waals surface area contributed by atoms with E-state index in [4.69, 9.17) is 43.2 Å². The lowest BCUT2D eigenvalue weighted by atomic mass is 9.56. The van der Waals surface area contributed by atoms with E-state index in [9.17, 15) is 13.2 Å². The van der Waals surface area contributed by atoms with E-state index in [0.29, 0.717) is 36.8 Å². The van der Waals surface area contributed by atoms with Gasteiger partial charge in [0.05, 0.1) is 22.9 Å². The average Bonchev–Trinajstić information content (AvgIpc) is 3.58. The van der Waals surface area contributed by atoms with Gasteiger partial charge in [0, 0.05) is 38.3 Å². The largest absolute Gasteiger partial charge is 0.445 e. The zero-order valence-corrected chi connectivity index (χ0v) is 37.1. The van der Waals surface area contributed by atoms with Crippen molar-refractivity contribution < 1.29 is 56.4 Å². The van der Waals surface area contributed by atoms with Gasteiger partial charge in [-0.1, -0.05) is 39.8 Å². The first-order valence-electron chi connectivity index (χ1n) is 22.6. The zero-order valence-electron chi connectivity index (χ0n) is 36.3. The van der Waals surface area contributed by atoms with Gasteiger partial charge in [-0.15, -0.1) is 0 Å². The van der Waals surface area contributed by atoms with E-state index in [-0.39, 0.29) is 70.9 Å². The monoisotopic (exact) mass is 845 g/mol. The second-order valence-corrected chi connectivity index (χ2v) is 22.3. The molecule has 0 N–H and O–H groups in total. The lowest BCUT2D eigenvalue weighted by Crippen LogP contribution is -2.70. The first kappa shape index (κ1) is 42.4. The molecule has 2 aliphatic carbocycles. The molecule has 10 fully saturated rings. The molecule has 2 saturated carbocycles. The number of fused-ring (bicyclic) bond motifs is 4. The summed E-state index contributed by atoms with van der Waals surface area (Å²) in [6.07, 6.45) is 6.25. The Kier molecular flexibility index (Phi) is 11.1. The number of sulfone groups is 1. The van der Waals surface area contributed by atoms with Crippen molar-refractivity contribution in [3.8, 4) is 0 Å². The van der Waals surface area contributed by atoms with E-state index < -0.39 is 51.3 Å². The normalized spacial score (nSPS) is 46.2. The summed E-state index contributed by atoms with van der Waals surface area (Å²) in [6, 6.07) is 6.70. The lowest BCUT2D eigenvalue weighted by Gasteiger charge is -2.61. The number of carbonyl (C=O) groups is 1. The average molecular weight is 846 g/mol. The van der Waals surface area contributed by atoms with Crippen LogP contribution in [0.5, 0.6) is 0 Å². The smallest absolute Gasteiger partial charge is 0.409 e. The second-order valence-electron chi connectivity index (χ2n) is 20.2. The molecule has 1 amide bonds. The van der Waals surface area contributed by atoms with Gasteiger partial charge in [0.2, 0.25) is 11.6 Å². The van der Waals surface area contributed by atoms with Gasteiger partial charge in [0.15, 0.2) is 33.6 Å². The van der Waals surface area contributed by atoms with Crippen molar-refractivity contribution in [3.63, 3.8) is 0 Å². The first-order chi connectivity index (χ1) is 28.0. The number of nitrogens with zero attached hydrogens (tertiary/aromatic N) is 1. The summed E-state index contributed by atoms with van der Waals surface area (Å²) in [5.41, 5.74) is -0.692. The molecule has 1 aromatic carbocycles. The summed E-state index contributed by atoms with van der Waals surface area (Å²) in [4.78, 5) is 39.0. The van der Waals surface area contributed by atoms with Gasteiger partial charge in [-0.3, -0.25) is 0 Å². The number of rotatable bonds is 10. The van der Waals surface area contributed by atoms with Gasteiger partial charge >= 0.3 is 6.09 Å². The van der Waals surface area contributed by atoms with Gasteiger partial charge in [-0.25, -0.2) is 32.8 Å². The molecule has 10 aliphatic rings. The van der Waals surface area contributed by atoms with E-state index in [1.807, 2.05) is 20.8 Å². The molecule has 59 heavy (non-hydrogen) atoms. The Labute approximate surface area is 350 Å². The van der Waals surface area contributed by atoms with Crippen LogP contribution in [-0.4, -0.2) is 86.3 Å². The van der Waals surface area contributed by atoms with Gasteiger partial charge < -0.3 is 28.6 Å². The summed E-state index contributed by atoms with van der Waals surface area (Å²) in [5.74, 6) is -0.467. The highest BCUT2D eigenvalue weighted by atomic mass is 32.2. The molecule has 2 spiro atoms. The van der Waals surface area contributed by atoms with Gasteiger partial charge in [0.25, 0.3) is 0 Å². The highest BCUT2D eigenvalue weighted by Gasteiger charge is 2.71. The molecule has 0 radical (unpaired) electrons. The highest BCUT2D eigenvalue weighted by Crippen LogP contribution is 2.63. The molecule has 8 aliphatic heterocycles. The Balaban J connectivity index is 1.00. The van der Waals surface area contributed by atoms with Gasteiger partial charge in [-0.2, -0.15) is 0 Å². The third kappa shape index (κ3) is 7.10. The number of hydrogen-bond donors (Lipinski definition) is 0. The van der Waals surface area contributed by atoms with E-state index in [1.165, 1.54) is 4.90 Å². The summed E-state index contributed by atoms with van der Waals surface area (Å²) >= 11 is 0. The Bertz CT molecular complexity index is 1750. The molecular weight excluding hydrogens is 779 g/mol. The summed E-state index contributed by atoms with van der Waals surface area (Å²) in [5, 5.41) is 0. The predicted octanol–water partition coefficient (Wildman–Crippen LogP) is 7.95. The minimum Gasteiger partial charge on any atom is -0.445 e. The van der Waals surface area contributed by atoms with Crippen LogP contribution >= 0.6 is 0 Å². The minimum absolute atomic E-state index is 0.0542. The van der Waals surface area contributed by atoms with Crippen LogP contribution in [-0.2, 0) is 59.7 Å². The third-order valence-electron chi connectivity index (χ3n) is 16.6. The Morgan fingerprint density at radius 3 is 1.71 bits per heavy atom. The Hall–Kier alpha value is -1.88. The number of benzene rings is 1. The van der Waals surface area contributed by atoms with Crippen molar-refractivity contribution in [2.45, 2.75) is 172 Å². The van der Waals surface area contributed by atoms with E-state index in [1.54, 1.807) is 31.3 Å². The fourth-order valence-electron chi connectivity index (χ4n) is 13.0. The molecule has 4 bridgehead atoms. The lowest BCUT2D eigenvalue weighted by molar-refractivity contribution is -0.571. The van der Waals surface area contributed by atoms with Gasteiger partial charge in [0.1, 0.15) is 6.61 Å². The zero-order chi connectivity index (χ0) is 41.7. The summed E-state index contributed by atoms with van der Waals surface area (Å²) in [7, 11) is -2.11. The van der Waals surface area contributed by atoms with Crippen molar-refractivity contribution in [2.24, 2.45) is 53.3 Å². The molecule has 330 valence electrons. The molecule has 11 rings (SSSR count). The molecule has 1 aromatic rings. The summed E-state index contributed by atoms with van der Waals surface area (Å²) in [6.45, 7) is 15.4. The van der Waals surface area contributed by atoms with Crippen molar-refractivity contribution in [2.75, 3.05) is 19.3 Å². The molecular formula is C45H67NO12S. The Morgan fingerprint density at radius 1 is 0.746 bits per heavy atom. The van der Waals surface area contributed by atoms with E-state index in [0.717, 1.165) is 51.4 Å². The quantitative estimate of drug-likeness (QED) is 0.212. The van der Waals surface area contributed by atoms with Crippen LogP contribution in [0.4, 0.5) is 4.79 Å². The van der Waals surface area contributed by atoms with Crippen LogP contribution in [0.15, 0.2) is 29.2 Å². The van der Waals surface area contributed by atoms with Crippen LogP contribution in [0.25, 0.3) is 0 Å². The van der Waals surface area contributed by atoms with Crippen LogP contribution in [0, 0.1) is 53.3 Å². The molecule has 8 saturated heterocycles. The summed E-state index contributed by atoms with van der Waals surface area (Å²) < 4.78 is 62.1. The molecule has 0 unspecified atom stereocenters. The fraction of sp³-hybridized carbons (Fsp3) is 0.844. The molecule has 13 nitrogen and oxygen atoms in total. The third-order valence-corrected chi connectivity index (χ3v) is 18.5. The van der Waals surface area contributed by atoms with Crippen molar-refractivity contribution in [1.82, 2.24) is 4.90 Å². The number of hydrogen-bond acceptors (Lipinski definition) is 12. The topological polar surface area (TPSA) is 138 Å². The number of ether oxygens (including phenoxy) is 5. The highest BCUT2D eigenvalue weighted by molar-refractivity contribution is 7.91. The van der Waals surface area contributed by atoms with Crippen LogP contribution < -0.4 is 0 Å². The minimum atomic E-state index is -3.79. The molecule has 16 atom stereocenters. The van der Waals surface area contributed by atoms with Crippen LogP contribution in [0.3, 0.4) is 0 Å². The molecule has 8 heterocycles. The predicted molar refractivity (Wildman–Crippen MR) is 213 cm³/mol. The fourth-order valence-corrected chi connectivity index (χ4v) is 14.6. The number of carbonyl (C=O) groups excluding carboxylic acids is 1. The molecule has 14 heteroatoms. The van der Waals surface area contributed by atoms with Crippen LogP contribution in [0.1, 0.15) is 118 Å².